The fourth-order valence-electron chi connectivity index (χ4n) is 3.75. The smallest absolute Gasteiger partial charge is 0.205 e. The Labute approximate surface area is 163 Å². The van der Waals surface area contributed by atoms with Crippen molar-refractivity contribution < 1.29 is 14.6 Å². The van der Waals surface area contributed by atoms with Crippen LogP contribution in [-0.4, -0.2) is 16.2 Å². The average Bonchev–Trinajstić information content (AvgIpc) is 2.50. The monoisotopic (exact) mass is 388 g/mol. The summed E-state index contributed by atoms with van der Waals surface area (Å²) in [7, 11) is -3.14. The minimum atomic E-state index is -3.14. The van der Waals surface area contributed by atoms with Gasteiger partial charge in [-0.1, -0.05) is 52.0 Å². The highest BCUT2D eigenvalue weighted by Crippen LogP contribution is 2.46. The maximum Gasteiger partial charge on any atom is 0.205 e. The second-order valence-corrected chi connectivity index (χ2v) is 10.9. The Morgan fingerprint density at radius 1 is 0.963 bits per heavy atom. The maximum atomic E-state index is 12.5. The molecule has 0 aliphatic carbocycles. The average molecular weight is 388 g/mol. The first-order valence-electron chi connectivity index (χ1n) is 9.70. The second kappa shape index (κ2) is 8.63. The number of aryl methyl sites for hydroxylation is 2. The van der Waals surface area contributed by atoms with Crippen LogP contribution in [0.5, 0.6) is 5.75 Å². The molecule has 0 radical (unpaired) electrons. The van der Waals surface area contributed by atoms with E-state index < -0.39 is 7.37 Å². The number of phenolic OH excluding ortho intramolecular Hbond substituents is 1. The topological polar surface area (TPSA) is 57.5 Å². The molecule has 0 bridgehead atoms. The molecule has 2 rings (SSSR count). The van der Waals surface area contributed by atoms with Crippen LogP contribution in [0.25, 0.3) is 0 Å². The van der Waals surface area contributed by atoms with Crippen LogP contribution in [0, 0.1) is 19.8 Å². The van der Waals surface area contributed by atoms with Crippen LogP contribution in [0.1, 0.15) is 67.0 Å². The minimum Gasteiger partial charge on any atom is -0.508 e. The van der Waals surface area contributed by atoms with Crippen LogP contribution in [0.3, 0.4) is 0 Å². The summed E-state index contributed by atoms with van der Waals surface area (Å²) >= 11 is 0. The van der Waals surface area contributed by atoms with Gasteiger partial charge in [0, 0.05) is 12.3 Å². The molecule has 1 unspecified atom stereocenters. The van der Waals surface area contributed by atoms with Crippen molar-refractivity contribution in [2.45, 2.75) is 60.0 Å². The van der Waals surface area contributed by atoms with Gasteiger partial charge in [0.2, 0.25) is 7.37 Å². The Balaban J connectivity index is 2.28. The van der Waals surface area contributed by atoms with Gasteiger partial charge in [0.25, 0.3) is 0 Å². The van der Waals surface area contributed by atoms with E-state index in [4.69, 9.17) is 0 Å². The fourth-order valence-corrected chi connectivity index (χ4v) is 5.78. The number of hydrogen-bond donors (Lipinski definition) is 2. The Morgan fingerprint density at radius 3 is 2.07 bits per heavy atom. The molecular formula is C23H33O3P. The molecule has 2 N–H and O–H groups in total. The number of hydrogen-bond acceptors (Lipinski definition) is 2. The SMILES string of the molecule is Cc1cc(CP(=O)(O)CC(C)C)cc(C)c1Cc1ccc(O)c(C(C)C)c1. The first-order valence-corrected chi connectivity index (χ1v) is 11.7. The first kappa shape index (κ1) is 21.7. The molecule has 3 nitrogen and oxygen atoms in total. The summed E-state index contributed by atoms with van der Waals surface area (Å²) in [4.78, 5) is 10.3. The standard InChI is InChI=1S/C23H33O3P/c1-15(2)13-27(25,26)14-20-9-17(5)22(18(6)10-20)12-19-7-8-23(24)21(11-19)16(3)4/h7-11,15-16,24H,12-14H2,1-6H3,(H,25,26). The lowest BCUT2D eigenvalue weighted by atomic mass is 9.92. The molecule has 0 heterocycles. The van der Waals surface area contributed by atoms with Crippen molar-refractivity contribution in [1.82, 2.24) is 0 Å². The lowest BCUT2D eigenvalue weighted by Gasteiger charge is -2.17. The maximum absolute atomic E-state index is 12.5. The normalized spacial score (nSPS) is 14.0. The number of aromatic hydroxyl groups is 1. The Hall–Kier alpha value is -1.57. The van der Waals surface area contributed by atoms with E-state index >= 15 is 0 Å². The molecule has 0 aromatic heterocycles. The Morgan fingerprint density at radius 2 is 1.56 bits per heavy atom. The van der Waals surface area contributed by atoms with Gasteiger partial charge in [-0.05, 0) is 71.6 Å². The second-order valence-electron chi connectivity index (χ2n) is 8.51. The van der Waals surface area contributed by atoms with Gasteiger partial charge >= 0.3 is 0 Å². The summed E-state index contributed by atoms with van der Waals surface area (Å²) in [5, 5.41) is 10.0. The lowest BCUT2D eigenvalue weighted by Crippen LogP contribution is -2.03. The molecule has 0 saturated heterocycles. The van der Waals surface area contributed by atoms with Crippen molar-refractivity contribution in [3.05, 3.63) is 63.7 Å². The predicted octanol–water partition coefficient (Wildman–Crippen LogP) is 6.15. The van der Waals surface area contributed by atoms with E-state index in [0.717, 1.165) is 28.7 Å². The highest BCUT2D eigenvalue weighted by molar-refractivity contribution is 7.57. The van der Waals surface area contributed by atoms with Gasteiger partial charge < -0.3 is 10.00 Å². The first-order chi connectivity index (χ1) is 12.5. The van der Waals surface area contributed by atoms with Crippen LogP contribution in [0.2, 0.25) is 0 Å². The van der Waals surface area contributed by atoms with E-state index in [0.29, 0.717) is 11.9 Å². The Kier molecular flexibility index (Phi) is 6.94. The Bertz CT molecular complexity index is 830. The molecule has 2 aromatic carbocycles. The zero-order valence-corrected chi connectivity index (χ0v) is 18.3. The lowest BCUT2D eigenvalue weighted by molar-refractivity contribution is 0.464. The number of rotatable bonds is 7. The van der Waals surface area contributed by atoms with Crippen molar-refractivity contribution in [2.75, 3.05) is 6.16 Å². The van der Waals surface area contributed by atoms with E-state index in [1.165, 1.54) is 11.1 Å². The molecule has 1 atom stereocenters. The number of benzene rings is 2. The molecule has 27 heavy (non-hydrogen) atoms. The van der Waals surface area contributed by atoms with Crippen molar-refractivity contribution >= 4 is 7.37 Å². The summed E-state index contributed by atoms with van der Waals surface area (Å²) in [6.45, 7) is 12.3. The molecule has 4 heteroatoms. The van der Waals surface area contributed by atoms with Crippen molar-refractivity contribution in [3.8, 4) is 5.75 Å². The van der Waals surface area contributed by atoms with Gasteiger partial charge in [-0.3, -0.25) is 4.57 Å². The van der Waals surface area contributed by atoms with Crippen LogP contribution in [0.4, 0.5) is 0 Å². The third-order valence-corrected chi connectivity index (χ3v) is 7.09. The molecular weight excluding hydrogens is 355 g/mol. The highest BCUT2D eigenvalue weighted by Gasteiger charge is 2.21. The van der Waals surface area contributed by atoms with Crippen LogP contribution in [-0.2, 0) is 17.1 Å². The zero-order valence-electron chi connectivity index (χ0n) is 17.4. The molecule has 0 amide bonds. The quantitative estimate of drug-likeness (QED) is 0.559. The van der Waals surface area contributed by atoms with E-state index in [1.54, 1.807) is 6.07 Å². The van der Waals surface area contributed by atoms with E-state index in [-0.39, 0.29) is 18.0 Å². The third kappa shape index (κ3) is 5.96. The molecule has 0 spiro atoms. The molecule has 148 valence electrons. The molecule has 0 saturated carbocycles. The zero-order chi connectivity index (χ0) is 20.4. The van der Waals surface area contributed by atoms with Crippen molar-refractivity contribution in [3.63, 3.8) is 0 Å². The molecule has 0 aliphatic heterocycles. The van der Waals surface area contributed by atoms with Crippen molar-refractivity contribution in [2.24, 2.45) is 5.92 Å². The van der Waals surface area contributed by atoms with Gasteiger partial charge in [0.15, 0.2) is 0 Å². The van der Waals surface area contributed by atoms with Gasteiger partial charge in [0.1, 0.15) is 5.75 Å². The van der Waals surface area contributed by atoms with Crippen LogP contribution >= 0.6 is 7.37 Å². The minimum absolute atomic E-state index is 0.215. The van der Waals surface area contributed by atoms with Gasteiger partial charge in [-0.2, -0.15) is 0 Å². The molecule has 0 aliphatic rings. The van der Waals surface area contributed by atoms with Crippen LogP contribution in [0.15, 0.2) is 30.3 Å². The fraction of sp³-hybridized carbons (Fsp3) is 0.478. The summed E-state index contributed by atoms with van der Waals surface area (Å²) in [5.41, 5.74) is 6.62. The van der Waals surface area contributed by atoms with Crippen molar-refractivity contribution in [1.29, 1.82) is 0 Å². The third-order valence-electron chi connectivity index (χ3n) is 4.93. The van der Waals surface area contributed by atoms with E-state index in [1.807, 2.05) is 19.9 Å². The highest BCUT2D eigenvalue weighted by atomic mass is 31.2. The van der Waals surface area contributed by atoms with E-state index in [2.05, 4.69) is 45.9 Å². The largest absolute Gasteiger partial charge is 0.508 e. The van der Waals surface area contributed by atoms with E-state index in [9.17, 15) is 14.6 Å². The van der Waals surface area contributed by atoms with Gasteiger partial charge in [0.05, 0.1) is 0 Å². The summed E-state index contributed by atoms with van der Waals surface area (Å²) in [6, 6.07) is 9.93. The van der Waals surface area contributed by atoms with Gasteiger partial charge in [-0.25, -0.2) is 0 Å². The summed E-state index contributed by atoms with van der Waals surface area (Å²) in [5.74, 6) is 0.836. The number of phenols is 1. The molecule has 2 aromatic rings. The predicted molar refractivity (Wildman–Crippen MR) is 114 cm³/mol. The summed E-state index contributed by atoms with van der Waals surface area (Å²) in [6.07, 6.45) is 1.39. The molecule has 0 fully saturated rings. The van der Waals surface area contributed by atoms with Gasteiger partial charge in [-0.15, -0.1) is 0 Å². The summed E-state index contributed by atoms with van der Waals surface area (Å²) < 4.78 is 12.5. The van der Waals surface area contributed by atoms with Crippen LogP contribution < -0.4 is 0 Å².